The van der Waals surface area contributed by atoms with Crippen LogP contribution in [-0.2, 0) is 4.74 Å². The minimum atomic E-state index is -0.0991. The van der Waals surface area contributed by atoms with Gasteiger partial charge in [-0.25, -0.2) is 10.6 Å². The second kappa shape index (κ2) is 9.55. The van der Waals surface area contributed by atoms with Gasteiger partial charge in [-0.05, 0) is 87.0 Å². The van der Waals surface area contributed by atoms with Crippen molar-refractivity contribution in [3.8, 4) is 5.75 Å². The Bertz CT molecular complexity index is 729. The largest absolute Gasteiger partial charge is 0.494 e. The van der Waals surface area contributed by atoms with Crippen LogP contribution in [0.2, 0.25) is 0 Å². The second-order valence-electron chi connectivity index (χ2n) is 8.72. The average Bonchev–Trinajstić information content (AvgIpc) is 3.51. The van der Waals surface area contributed by atoms with Crippen molar-refractivity contribution >= 4 is 18.1 Å². The summed E-state index contributed by atoms with van der Waals surface area (Å²) in [7, 11) is 0. The molecular formula is C22H33N5O3. The van der Waals surface area contributed by atoms with Gasteiger partial charge < -0.3 is 20.2 Å². The number of likely N-dealkylation sites (tertiary alicyclic amines) is 1. The minimum absolute atomic E-state index is 0.0991. The van der Waals surface area contributed by atoms with Crippen LogP contribution in [0.25, 0.3) is 0 Å². The van der Waals surface area contributed by atoms with E-state index < -0.39 is 0 Å². The van der Waals surface area contributed by atoms with Gasteiger partial charge in [-0.2, -0.15) is 5.10 Å². The number of hydrogen-bond donors (Lipinski definition) is 2. The Kier molecular flexibility index (Phi) is 6.62. The number of carbonyl (C=O) groups excluding carboxylic acids is 1. The topological polar surface area (TPSA) is 106 Å². The fraction of sp³-hybridized carbons (Fsp3) is 0.636. The quantitative estimate of drug-likeness (QED) is 0.292. The molecule has 8 heteroatoms. The molecule has 30 heavy (non-hydrogen) atoms. The van der Waals surface area contributed by atoms with Crippen LogP contribution in [0.1, 0.15) is 44.9 Å². The third-order valence-electron chi connectivity index (χ3n) is 6.78. The molecular weight excluding hydrogens is 382 g/mol. The molecule has 2 unspecified atom stereocenters. The Hall–Kier alpha value is -2.48. The first-order chi connectivity index (χ1) is 14.6. The fourth-order valence-electron chi connectivity index (χ4n) is 4.58. The molecule has 1 aromatic rings. The molecule has 0 aromatic heterocycles. The summed E-state index contributed by atoms with van der Waals surface area (Å²) >= 11 is 0. The SMILES string of the molecule is N/N=C\N(N)c1ccc(OCCC2CC2C2CCN(C(=O)OC3CCC3)CC2)cc1. The van der Waals surface area contributed by atoms with Gasteiger partial charge in [0.25, 0.3) is 0 Å². The van der Waals surface area contributed by atoms with Crippen molar-refractivity contribution in [2.75, 3.05) is 24.7 Å². The third kappa shape index (κ3) is 5.16. The standard InChI is InChI=1S/C22H33N5O3/c23-25-15-27(24)18-4-6-19(7-5-18)29-13-10-17-14-21(17)16-8-11-26(12-9-16)22(28)30-20-2-1-3-20/h4-7,15-17,20-21H,1-3,8-14,23-24H2/b25-15-. The van der Waals surface area contributed by atoms with Gasteiger partial charge in [-0.1, -0.05) is 0 Å². The summed E-state index contributed by atoms with van der Waals surface area (Å²) in [6, 6.07) is 7.56. The molecule has 3 aliphatic rings. The van der Waals surface area contributed by atoms with Crippen LogP contribution in [0.15, 0.2) is 29.4 Å². The smallest absolute Gasteiger partial charge is 0.410 e. The molecule has 2 atom stereocenters. The van der Waals surface area contributed by atoms with Crippen LogP contribution < -0.4 is 21.4 Å². The monoisotopic (exact) mass is 415 g/mol. The Morgan fingerprint density at radius 3 is 2.57 bits per heavy atom. The number of benzene rings is 1. The lowest BCUT2D eigenvalue weighted by molar-refractivity contribution is 0.0195. The molecule has 1 heterocycles. The summed E-state index contributed by atoms with van der Waals surface area (Å²) < 4.78 is 11.4. The van der Waals surface area contributed by atoms with E-state index in [1.807, 2.05) is 29.2 Å². The maximum Gasteiger partial charge on any atom is 0.410 e. The maximum atomic E-state index is 12.2. The van der Waals surface area contributed by atoms with Crippen molar-refractivity contribution in [3.05, 3.63) is 24.3 Å². The lowest BCUT2D eigenvalue weighted by Gasteiger charge is -2.34. The van der Waals surface area contributed by atoms with Gasteiger partial charge in [-0.3, -0.25) is 5.01 Å². The molecule has 0 bridgehead atoms. The summed E-state index contributed by atoms with van der Waals surface area (Å²) in [5, 5.41) is 4.76. The molecule has 1 aromatic carbocycles. The molecule has 2 aliphatic carbocycles. The summed E-state index contributed by atoms with van der Waals surface area (Å²) in [6.07, 6.45) is 9.26. The van der Waals surface area contributed by atoms with E-state index in [2.05, 4.69) is 5.10 Å². The number of piperidine rings is 1. The fourth-order valence-corrected chi connectivity index (χ4v) is 4.58. The van der Waals surface area contributed by atoms with Crippen LogP contribution in [-0.4, -0.2) is 43.1 Å². The zero-order chi connectivity index (χ0) is 20.9. The number of nitrogens with two attached hydrogens (primary N) is 2. The van der Waals surface area contributed by atoms with Crippen LogP contribution in [0.3, 0.4) is 0 Å². The molecule has 4 rings (SSSR count). The van der Waals surface area contributed by atoms with Crippen molar-refractivity contribution in [2.45, 2.75) is 51.0 Å². The highest BCUT2D eigenvalue weighted by molar-refractivity contribution is 5.77. The molecule has 1 amide bonds. The lowest BCUT2D eigenvalue weighted by atomic mass is 9.90. The third-order valence-corrected chi connectivity index (χ3v) is 6.78. The molecule has 8 nitrogen and oxygen atoms in total. The van der Waals surface area contributed by atoms with E-state index in [-0.39, 0.29) is 12.2 Å². The van der Waals surface area contributed by atoms with E-state index in [9.17, 15) is 4.79 Å². The van der Waals surface area contributed by atoms with Crippen LogP contribution in [0.5, 0.6) is 5.75 Å². The minimum Gasteiger partial charge on any atom is -0.494 e. The van der Waals surface area contributed by atoms with Crippen molar-refractivity contribution in [1.29, 1.82) is 0 Å². The zero-order valence-electron chi connectivity index (χ0n) is 17.5. The number of hydrogen-bond acceptors (Lipinski definition) is 6. The van der Waals surface area contributed by atoms with E-state index in [4.69, 9.17) is 21.2 Å². The lowest BCUT2D eigenvalue weighted by Crippen LogP contribution is -2.41. The van der Waals surface area contributed by atoms with Gasteiger partial charge in [0.05, 0.1) is 12.3 Å². The van der Waals surface area contributed by atoms with E-state index in [1.54, 1.807) is 0 Å². The van der Waals surface area contributed by atoms with Crippen LogP contribution >= 0.6 is 0 Å². The number of carbonyl (C=O) groups is 1. The number of nitrogens with zero attached hydrogens (tertiary/aromatic N) is 3. The van der Waals surface area contributed by atoms with Gasteiger partial charge in [0.15, 0.2) is 0 Å². The first-order valence-corrected chi connectivity index (χ1v) is 11.1. The number of anilines is 1. The number of hydrazine groups is 1. The highest BCUT2D eigenvalue weighted by Gasteiger charge is 2.43. The average molecular weight is 416 g/mol. The number of amides is 1. The highest BCUT2D eigenvalue weighted by atomic mass is 16.6. The Morgan fingerprint density at radius 1 is 1.20 bits per heavy atom. The van der Waals surface area contributed by atoms with E-state index in [0.29, 0.717) is 0 Å². The molecule has 164 valence electrons. The second-order valence-corrected chi connectivity index (χ2v) is 8.72. The summed E-state index contributed by atoms with van der Waals surface area (Å²) in [5.74, 6) is 14.0. The van der Waals surface area contributed by atoms with Gasteiger partial charge in [-0.15, -0.1) is 0 Å². The summed E-state index contributed by atoms with van der Waals surface area (Å²) in [4.78, 5) is 14.1. The Labute approximate surface area is 178 Å². The summed E-state index contributed by atoms with van der Waals surface area (Å²) in [6.45, 7) is 2.41. The number of rotatable bonds is 8. The molecule has 1 saturated heterocycles. The van der Waals surface area contributed by atoms with Crippen molar-refractivity contribution in [1.82, 2.24) is 4.90 Å². The van der Waals surface area contributed by atoms with Crippen LogP contribution in [0, 0.1) is 17.8 Å². The Balaban J connectivity index is 1.12. The molecule has 1 aliphatic heterocycles. The van der Waals surface area contributed by atoms with E-state index >= 15 is 0 Å². The predicted octanol–water partition coefficient (Wildman–Crippen LogP) is 3.07. The van der Waals surface area contributed by atoms with Gasteiger partial charge >= 0.3 is 6.09 Å². The molecule has 4 N–H and O–H groups in total. The predicted molar refractivity (Wildman–Crippen MR) is 116 cm³/mol. The van der Waals surface area contributed by atoms with Crippen molar-refractivity contribution < 1.29 is 14.3 Å². The van der Waals surface area contributed by atoms with E-state index in [0.717, 1.165) is 81.0 Å². The van der Waals surface area contributed by atoms with Crippen molar-refractivity contribution in [3.63, 3.8) is 0 Å². The first kappa shape index (κ1) is 20.8. The molecule has 3 fully saturated rings. The van der Waals surface area contributed by atoms with Gasteiger partial charge in [0.1, 0.15) is 18.2 Å². The summed E-state index contributed by atoms with van der Waals surface area (Å²) in [5.41, 5.74) is 0.793. The zero-order valence-corrected chi connectivity index (χ0v) is 17.5. The molecule has 2 saturated carbocycles. The number of hydrazone groups is 1. The normalized spacial score (nSPS) is 24.5. The van der Waals surface area contributed by atoms with Gasteiger partial charge in [0, 0.05) is 13.1 Å². The number of ether oxygens (including phenoxy) is 2. The maximum absolute atomic E-state index is 12.2. The Morgan fingerprint density at radius 2 is 1.93 bits per heavy atom. The first-order valence-electron chi connectivity index (χ1n) is 11.1. The van der Waals surface area contributed by atoms with Crippen molar-refractivity contribution in [2.24, 2.45) is 34.5 Å². The molecule has 0 radical (unpaired) electrons. The van der Waals surface area contributed by atoms with Gasteiger partial charge in [0.2, 0.25) is 0 Å². The van der Waals surface area contributed by atoms with E-state index in [1.165, 1.54) is 24.2 Å². The van der Waals surface area contributed by atoms with Crippen LogP contribution in [0.4, 0.5) is 10.5 Å². The highest BCUT2D eigenvalue weighted by Crippen LogP contribution is 2.49. The molecule has 0 spiro atoms.